The second-order valence-corrected chi connectivity index (χ2v) is 5.78. The quantitative estimate of drug-likeness (QED) is 0.808. The largest absolute Gasteiger partial charge is 0.481 e. The predicted molar refractivity (Wildman–Crippen MR) is 61.4 cm³/mol. The van der Waals surface area contributed by atoms with Gasteiger partial charge in [-0.3, -0.25) is 4.79 Å². The Balaban J connectivity index is 2.53. The molecule has 0 atom stereocenters. The Bertz CT molecular complexity index is 350. The van der Waals surface area contributed by atoms with Crippen molar-refractivity contribution in [1.82, 2.24) is 9.36 Å². The van der Waals surface area contributed by atoms with E-state index in [0.29, 0.717) is 5.75 Å². The number of aliphatic carboxylic acids is 1. The van der Waals surface area contributed by atoms with E-state index in [-0.39, 0.29) is 0 Å². The van der Waals surface area contributed by atoms with Crippen LogP contribution in [0.5, 0.6) is 0 Å². The predicted octanol–water partition coefficient (Wildman–Crippen LogP) is 2.30. The average molecular weight is 246 g/mol. The van der Waals surface area contributed by atoms with Crippen LogP contribution in [0, 0.1) is 5.41 Å². The van der Waals surface area contributed by atoms with E-state index in [0.717, 1.165) is 16.6 Å². The number of nitrogens with zero attached hydrogens (tertiary/aromatic N) is 2. The molecule has 0 amide bonds. The summed E-state index contributed by atoms with van der Waals surface area (Å²) in [7, 11) is 0. The number of carboxylic acid groups (broad SMARTS) is 1. The first-order chi connectivity index (χ1) is 6.95. The first-order valence-electron chi connectivity index (χ1n) is 4.64. The molecule has 1 aromatic rings. The topological polar surface area (TPSA) is 63.1 Å². The lowest BCUT2D eigenvalue weighted by molar-refractivity contribution is -0.145. The highest BCUT2D eigenvalue weighted by molar-refractivity contribution is 8.01. The lowest BCUT2D eigenvalue weighted by atomic mass is 9.97. The van der Waals surface area contributed by atoms with Gasteiger partial charge in [0.1, 0.15) is 5.82 Å². The smallest absolute Gasteiger partial charge is 0.309 e. The number of hydrogen-bond acceptors (Lipinski definition) is 5. The first-order valence-corrected chi connectivity index (χ1v) is 6.40. The van der Waals surface area contributed by atoms with E-state index >= 15 is 0 Å². The second kappa shape index (κ2) is 4.94. The van der Waals surface area contributed by atoms with Gasteiger partial charge in [0, 0.05) is 12.2 Å². The molecule has 0 saturated carbocycles. The van der Waals surface area contributed by atoms with E-state index in [1.165, 1.54) is 23.3 Å². The number of aromatic nitrogens is 2. The minimum absolute atomic E-state index is 0.515. The number of carbonyl (C=O) groups is 1. The summed E-state index contributed by atoms with van der Waals surface area (Å²) in [5.41, 5.74) is -0.720. The van der Waals surface area contributed by atoms with Crippen molar-refractivity contribution in [2.75, 3.05) is 5.75 Å². The molecule has 0 radical (unpaired) electrons. The second-order valence-electron chi connectivity index (χ2n) is 3.81. The fraction of sp³-hybridized carbons (Fsp3) is 0.667. The van der Waals surface area contributed by atoms with Crippen LogP contribution >= 0.6 is 23.3 Å². The number of thioether (sulfide) groups is 1. The minimum atomic E-state index is -0.782. The molecule has 1 aromatic heterocycles. The normalized spacial score (nSPS) is 11.7. The van der Waals surface area contributed by atoms with Crippen molar-refractivity contribution in [2.45, 2.75) is 31.5 Å². The van der Waals surface area contributed by atoms with Gasteiger partial charge >= 0.3 is 5.97 Å². The molecule has 15 heavy (non-hydrogen) atoms. The van der Waals surface area contributed by atoms with E-state index in [1.54, 1.807) is 13.8 Å². The Morgan fingerprint density at radius 2 is 2.27 bits per heavy atom. The van der Waals surface area contributed by atoms with Crippen molar-refractivity contribution in [2.24, 2.45) is 5.41 Å². The molecule has 0 fully saturated rings. The maximum Gasteiger partial charge on any atom is 0.309 e. The summed E-state index contributed by atoms with van der Waals surface area (Å²) in [6.45, 7) is 5.42. The summed E-state index contributed by atoms with van der Waals surface area (Å²) < 4.78 is 4.99. The molecule has 0 unspecified atom stereocenters. The van der Waals surface area contributed by atoms with E-state index in [9.17, 15) is 4.79 Å². The highest BCUT2D eigenvalue weighted by atomic mass is 32.2. The van der Waals surface area contributed by atoms with Gasteiger partial charge in [-0.2, -0.15) is 4.37 Å². The van der Waals surface area contributed by atoms with Crippen LogP contribution in [-0.2, 0) is 11.2 Å². The highest BCUT2D eigenvalue weighted by Crippen LogP contribution is 2.28. The van der Waals surface area contributed by atoms with Gasteiger partial charge in [-0.15, -0.1) is 0 Å². The summed E-state index contributed by atoms with van der Waals surface area (Å²) in [5.74, 6) is 0.562. The molecule has 0 aromatic carbocycles. The zero-order valence-electron chi connectivity index (χ0n) is 8.98. The van der Waals surface area contributed by atoms with Gasteiger partial charge in [0.2, 0.25) is 0 Å². The molecule has 0 aliphatic heterocycles. The molecule has 1 N–H and O–H groups in total. The van der Waals surface area contributed by atoms with E-state index in [4.69, 9.17) is 5.11 Å². The Labute approximate surface area is 97.3 Å². The lowest BCUT2D eigenvalue weighted by Gasteiger charge is -2.16. The zero-order chi connectivity index (χ0) is 11.5. The van der Waals surface area contributed by atoms with Gasteiger partial charge in [0.05, 0.1) is 5.41 Å². The first kappa shape index (κ1) is 12.4. The zero-order valence-corrected chi connectivity index (χ0v) is 10.6. The summed E-state index contributed by atoms with van der Waals surface area (Å²) in [4.78, 5) is 15.1. The maximum absolute atomic E-state index is 10.9. The standard InChI is InChI=1S/C9H14N2O2S2/c1-4-6-10-8(15-11-6)14-5-9(2,3)7(12)13/h4-5H2,1-3H3,(H,12,13). The van der Waals surface area contributed by atoms with Crippen LogP contribution < -0.4 is 0 Å². The number of aryl methyl sites for hydroxylation is 1. The van der Waals surface area contributed by atoms with Gasteiger partial charge in [-0.25, -0.2) is 4.98 Å². The van der Waals surface area contributed by atoms with Gasteiger partial charge in [0.15, 0.2) is 4.34 Å². The molecular formula is C9H14N2O2S2. The van der Waals surface area contributed by atoms with E-state index in [2.05, 4.69) is 9.36 Å². The fourth-order valence-electron chi connectivity index (χ4n) is 0.744. The van der Waals surface area contributed by atoms with Gasteiger partial charge in [-0.05, 0) is 25.4 Å². The number of hydrogen-bond donors (Lipinski definition) is 1. The van der Waals surface area contributed by atoms with Crippen LogP contribution in [0.1, 0.15) is 26.6 Å². The molecule has 1 heterocycles. The molecular weight excluding hydrogens is 232 g/mol. The highest BCUT2D eigenvalue weighted by Gasteiger charge is 2.27. The lowest BCUT2D eigenvalue weighted by Crippen LogP contribution is -2.26. The molecule has 0 aliphatic rings. The van der Waals surface area contributed by atoms with Crippen molar-refractivity contribution >= 4 is 29.3 Å². The van der Waals surface area contributed by atoms with Gasteiger partial charge < -0.3 is 5.11 Å². The van der Waals surface area contributed by atoms with Gasteiger partial charge in [-0.1, -0.05) is 18.7 Å². The minimum Gasteiger partial charge on any atom is -0.481 e. The van der Waals surface area contributed by atoms with E-state index in [1.807, 2.05) is 6.92 Å². The SMILES string of the molecule is CCc1nsc(SCC(C)(C)C(=O)O)n1. The molecule has 84 valence electrons. The van der Waals surface area contributed by atoms with Crippen LogP contribution in [0.2, 0.25) is 0 Å². The van der Waals surface area contributed by atoms with Crippen LogP contribution in [0.15, 0.2) is 4.34 Å². The summed E-state index contributed by atoms with van der Waals surface area (Å²) in [6, 6.07) is 0. The van der Waals surface area contributed by atoms with Crippen molar-refractivity contribution in [3.63, 3.8) is 0 Å². The van der Waals surface area contributed by atoms with Crippen LogP contribution in [0.4, 0.5) is 0 Å². The molecule has 4 nitrogen and oxygen atoms in total. The Kier molecular flexibility index (Phi) is 4.10. The average Bonchev–Trinajstić information content (AvgIpc) is 2.62. The molecule has 0 bridgehead atoms. The maximum atomic E-state index is 10.9. The van der Waals surface area contributed by atoms with Crippen molar-refractivity contribution in [3.8, 4) is 0 Å². The molecule has 0 saturated heterocycles. The summed E-state index contributed by atoms with van der Waals surface area (Å²) in [5, 5.41) is 8.92. The van der Waals surface area contributed by atoms with Crippen LogP contribution in [-0.4, -0.2) is 26.2 Å². The van der Waals surface area contributed by atoms with Crippen molar-refractivity contribution in [1.29, 1.82) is 0 Å². The Morgan fingerprint density at radius 3 is 2.73 bits per heavy atom. The van der Waals surface area contributed by atoms with Crippen LogP contribution in [0.25, 0.3) is 0 Å². The molecule has 0 spiro atoms. The Morgan fingerprint density at radius 1 is 1.60 bits per heavy atom. The number of rotatable bonds is 5. The monoisotopic (exact) mass is 246 g/mol. The number of carboxylic acids is 1. The molecule has 6 heteroatoms. The van der Waals surface area contributed by atoms with Crippen LogP contribution in [0.3, 0.4) is 0 Å². The summed E-state index contributed by atoms with van der Waals surface area (Å²) in [6.07, 6.45) is 0.819. The van der Waals surface area contributed by atoms with Crippen molar-refractivity contribution < 1.29 is 9.90 Å². The third-order valence-electron chi connectivity index (χ3n) is 1.90. The van der Waals surface area contributed by atoms with E-state index < -0.39 is 11.4 Å². The van der Waals surface area contributed by atoms with Crippen molar-refractivity contribution in [3.05, 3.63) is 5.82 Å². The van der Waals surface area contributed by atoms with Gasteiger partial charge in [0.25, 0.3) is 0 Å². The third kappa shape index (κ3) is 3.46. The third-order valence-corrected chi connectivity index (χ3v) is 4.23. The Hall–Kier alpha value is -0.620. The summed E-state index contributed by atoms with van der Waals surface area (Å²) >= 11 is 2.79. The molecule has 0 aliphatic carbocycles. The fourth-order valence-corrected chi connectivity index (χ4v) is 2.52. The molecule has 1 rings (SSSR count).